The van der Waals surface area contributed by atoms with Gasteiger partial charge in [-0.25, -0.2) is 0 Å². The van der Waals surface area contributed by atoms with Crippen LogP contribution in [-0.4, -0.2) is 16.9 Å². The van der Waals surface area contributed by atoms with Gasteiger partial charge in [0.25, 0.3) is 0 Å². The number of fused-ring (bicyclic) bond motifs is 3. The number of benzene rings is 1. The fourth-order valence-electron chi connectivity index (χ4n) is 3.82. The number of halogens is 1. The molecule has 1 aromatic heterocycles. The monoisotopic (exact) mass is 346 g/mol. The van der Waals surface area contributed by atoms with E-state index >= 15 is 0 Å². The highest BCUT2D eigenvalue weighted by atomic mass is 35.5. The second kappa shape index (κ2) is 7.60. The summed E-state index contributed by atoms with van der Waals surface area (Å²) in [5.41, 5.74) is 3.64. The van der Waals surface area contributed by atoms with Gasteiger partial charge in [-0.2, -0.15) is 0 Å². The minimum Gasteiger partial charge on any atom is -0.357 e. The summed E-state index contributed by atoms with van der Waals surface area (Å²) in [6.07, 6.45) is 7.05. The van der Waals surface area contributed by atoms with Crippen molar-refractivity contribution in [3.05, 3.63) is 34.5 Å². The van der Waals surface area contributed by atoms with Crippen LogP contribution in [0.5, 0.6) is 0 Å². The molecule has 3 nitrogen and oxygen atoms in total. The third-order valence-corrected chi connectivity index (χ3v) is 5.60. The number of aryl methyl sites for hydroxylation is 1. The second-order valence-corrected chi connectivity index (χ2v) is 7.35. The molecule has 0 aliphatic heterocycles. The summed E-state index contributed by atoms with van der Waals surface area (Å²) in [6, 6.07) is 6.28. The van der Waals surface area contributed by atoms with Gasteiger partial charge >= 0.3 is 0 Å². The van der Waals surface area contributed by atoms with E-state index in [1.54, 1.807) is 0 Å². The predicted octanol–water partition coefficient (Wildman–Crippen LogP) is 5.01. The maximum absolute atomic E-state index is 12.6. The van der Waals surface area contributed by atoms with Gasteiger partial charge < -0.3 is 10.3 Å². The Hall–Kier alpha value is -1.48. The van der Waals surface area contributed by atoms with E-state index in [4.69, 9.17) is 11.6 Å². The lowest BCUT2D eigenvalue weighted by Gasteiger charge is -2.26. The van der Waals surface area contributed by atoms with Crippen molar-refractivity contribution in [2.24, 2.45) is 5.92 Å². The number of unbranched alkanes of at least 4 members (excludes halogenated alkanes) is 1. The molecule has 0 bridgehead atoms. The number of carbonyl (C=O) groups excluding carboxylic acids is 1. The highest BCUT2D eigenvalue weighted by Gasteiger charge is 2.26. The Morgan fingerprint density at radius 2 is 2.25 bits per heavy atom. The van der Waals surface area contributed by atoms with Gasteiger partial charge in [-0.1, -0.05) is 50.4 Å². The van der Waals surface area contributed by atoms with Crippen molar-refractivity contribution < 1.29 is 4.79 Å². The number of aromatic amines is 1. The highest BCUT2D eigenvalue weighted by molar-refractivity contribution is 6.35. The first-order valence-corrected chi connectivity index (χ1v) is 9.60. The first-order valence-electron chi connectivity index (χ1n) is 9.22. The molecule has 0 spiro atoms. The summed E-state index contributed by atoms with van der Waals surface area (Å²) < 4.78 is 0. The van der Waals surface area contributed by atoms with Gasteiger partial charge in [-0.3, -0.25) is 4.79 Å². The summed E-state index contributed by atoms with van der Waals surface area (Å²) in [7, 11) is 0. The normalized spacial score (nSPS) is 18.4. The Kier molecular flexibility index (Phi) is 5.50. The maximum Gasteiger partial charge on any atom is 0.223 e. The number of hydrogen-bond acceptors (Lipinski definition) is 1. The molecular weight excluding hydrogens is 320 g/mol. The van der Waals surface area contributed by atoms with Gasteiger partial charge in [0.2, 0.25) is 5.91 Å². The topological polar surface area (TPSA) is 44.9 Å². The third kappa shape index (κ3) is 3.46. The van der Waals surface area contributed by atoms with Gasteiger partial charge in [0.05, 0.1) is 10.5 Å². The molecule has 0 unspecified atom stereocenters. The number of rotatable bonds is 6. The fraction of sp³-hybridized carbons (Fsp3) is 0.550. The van der Waals surface area contributed by atoms with E-state index < -0.39 is 0 Å². The summed E-state index contributed by atoms with van der Waals surface area (Å²) >= 11 is 6.31. The Labute approximate surface area is 149 Å². The van der Waals surface area contributed by atoms with Crippen LogP contribution < -0.4 is 5.32 Å². The standard InChI is InChI=1S/C20H27ClN2O/c1-3-5-7-13(4-2)20(24)22-14-10-11-18-16(12-14)15-8-6-9-17(21)19(15)23-18/h6,8-9,13-14,23H,3-5,7,10-12H2,1-2H3,(H,22,24)/t13-,14+/m0/s1. The third-order valence-electron chi connectivity index (χ3n) is 5.29. The minimum atomic E-state index is 0.156. The van der Waals surface area contributed by atoms with Crippen molar-refractivity contribution in [3.8, 4) is 0 Å². The minimum absolute atomic E-state index is 0.156. The average Bonchev–Trinajstić information content (AvgIpc) is 2.95. The molecule has 130 valence electrons. The van der Waals surface area contributed by atoms with Gasteiger partial charge in [0.15, 0.2) is 0 Å². The van der Waals surface area contributed by atoms with E-state index in [0.29, 0.717) is 0 Å². The van der Waals surface area contributed by atoms with E-state index in [1.807, 2.05) is 12.1 Å². The zero-order valence-corrected chi connectivity index (χ0v) is 15.4. The highest BCUT2D eigenvalue weighted by Crippen LogP contribution is 2.32. The smallest absolute Gasteiger partial charge is 0.223 e. The molecule has 2 atom stereocenters. The van der Waals surface area contributed by atoms with Gasteiger partial charge in [0.1, 0.15) is 0 Å². The first kappa shape index (κ1) is 17.3. The summed E-state index contributed by atoms with van der Waals surface area (Å²) in [5, 5.41) is 5.28. The van der Waals surface area contributed by atoms with Crippen LogP contribution >= 0.6 is 11.6 Å². The molecule has 0 saturated carbocycles. The molecule has 2 N–H and O–H groups in total. The van der Waals surface area contributed by atoms with Crippen LogP contribution in [0.4, 0.5) is 0 Å². The first-order chi connectivity index (χ1) is 11.6. The van der Waals surface area contributed by atoms with Crippen LogP contribution in [0, 0.1) is 5.92 Å². The second-order valence-electron chi connectivity index (χ2n) is 6.94. The Balaban J connectivity index is 1.72. The average molecular weight is 347 g/mol. The molecule has 1 amide bonds. The van der Waals surface area contributed by atoms with E-state index in [-0.39, 0.29) is 17.9 Å². The molecular formula is C20H27ClN2O. The quantitative estimate of drug-likeness (QED) is 0.758. The summed E-state index contributed by atoms with van der Waals surface area (Å²) in [5.74, 6) is 0.390. The fourth-order valence-corrected chi connectivity index (χ4v) is 4.04. The van der Waals surface area contributed by atoms with Crippen molar-refractivity contribution in [2.75, 3.05) is 0 Å². The predicted molar refractivity (Wildman–Crippen MR) is 101 cm³/mol. The van der Waals surface area contributed by atoms with E-state index in [2.05, 4.69) is 30.2 Å². The molecule has 1 heterocycles. The van der Waals surface area contributed by atoms with Crippen LogP contribution in [-0.2, 0) is 17.6 Å². The molecule has 1 aromatic carbocycles. The van der Waals surface area contributed by atoms with Crippen LogP contribution in [0.1, 0.15) is 57.2 Å². The van der Waals surface area contributed by atoms with Crippen molar-refractivity contribution >= 4 is 28.4 Å². The largest absolute Gasteiger partial charge is 0.357 e. The molecule has 4 heteroatoms. The molecule has 0 saturated heterocycles. The van der Waals surface area contributed by atoms with Gasteiger partial charge in [-0.15, -0.1) is 0 Å². The lowest BCUT2D eigenvalue weighted by molar-refractivity contribution is -0.126. The number of aromatic nitrogens is 1. The molecule has 0 fully saturated rings. The van der Waals surface area contributed by atoms with Crippen LogP contribution in [0.15, 0.2) is 18.2 Å². The molecule has 24 heavy (non-hydrogen) atoms. The van der Waals surface area contributed by atoms with Crippen LogP contribution in [0.25, 0.3) is 10.9 Å². The van der Waals surface area contributed by atoms with Crippen molar-refractivity contribution in [2.45, 2.75) is 64.8 Å². The van der Waals surface area contributed by atoms with E-state index in [1.165, 1.54) is 16.6 Å². The number of H-pyrrole nitrogens is 1. The zero-order valence-electron chi connectivity index (χ0n) is 14.6. The zero-order chi connectivity index (χ0) is 17.1. The van der Waals surface area contributed by atoms with Crippen molar-refractivity contribution in [3.63, 3.8) is 0 Å². The lowest BCUT2D eigenvalue weighted by Crippen LogP contribution is -2.41. The SMILES string of the molecule is CCCC[C@H](CC)C(=O)N[C@@H]1CCc2[nH]c3c(Cl)cccc3c2C1. The van der Waals surface area contributed by atoms with Crippen molar-refractivity contribution in [1.29, 1.82) is 0 Å². The molecule has 0 radical (unpaired) electrons. The summed E-state index contributed by atoms with van der Waals surface area (Å²) in [4.78, 5) is 16.1. The molecule has 2 aromatic rings. The number of nitrogens with one attached hydrogen (secondary N) is 2. The Morgan fingerprint density at radius 1 is 1.42 bits per heavy atom. The number of para-hydroxylation sites is 1. The summed E-state index contributed by atoms with van der Waals surface area (Å²) in [6.45, 7) is 4.29. The lowest BCUT2D eigenvalue weighted by atomic mass is 9.90. The van der Waals surface area contributed by atoms with Crippen molar-refractivity contribution in [1.82, 2.24) is 10.3 Å². The van der Waals surface area contributed by atoms with Crippen LogP contribution in [0.2, 0.25) is 5.02 Å². The molecule has 1 aliphatic rings. The number of hydrogen-bond donors (Lipinski definition) is 2. The van der Waals surface area contributed by atoms with Gasteiger partial charge in [0, 0.05) is 23.0 Å². The number of amides is 1. The Morgan fingerprint density at radius 3 is 3.00 bits per heavy atom. The van der Waals surface area contributed by atoms with Crippen LogP contribution in [0.3, 0.4) is 0 Å². The number of carbonyl (C=O) groups is 1. The maximum atomic E-state index is 12.6. The molecule has 1 aliphatic carbocycles. The molecule has 3 rings (SSSR count). The van der Waals surface area contributed by atoms with Gasteiger partial charge in [-0.05, 0) is 43.7 Å². The van der Waals surface area contributed by atoms with E-state index in [9.17, 15) is 4.79 Å². The van der Waals surface area contributed by atoms with E-state index in [0.717, 1.165) is 55.5 Å². The Bertz CT molecular complexity index is 722.